The van der Waals surface area contributed by atoms with Crippen LogP contribution in [0.4, 0.5) is 29.0 Å². The maximum Gasteiger partial charge on any atom is 0.229 e. The summed E-state index contributed by atoms with van der Waals surface area (Å²) in [5, 5.41) is 39.9. The topological polar surface area (TPSA) is 237 Å². The molecule has 8 rings (SSSR count). The predicted octanol–water partition coefficient (Wildman–Crippen LogP) is 12.2. The minimum absolute atomic E-state index is 0.145. The number of anilines is 5. The lowest BCUT2D eigenvalue weighted by Gasteiger charge is -2.17. The zero-order valence-corrected chi connectivity index (χ0v) is 38.8. The number of halogens is 1. The number of hydrogen-bond acceptors (Lipinski definition) is 12. The van der Waals surface area contributed by atoms with Gasteiger partial charge in [0.25, 0.3) is 0 Å². The van der Waals surface area contributed by atoms with Crippen LogP contribution in [0.25, 0.3) is 56.2 Å². The van der Waals surface area contributed by atoms with Gasteiger partial charge in [-0.15, -0.1) is 0 Å². The van der Waals surface area contributed by atoms with Gasteiger partial charge in [-0.05, 0) is 155 Å². The number of nitrogens with two attached hydrogens (primary N) is 3. The van der Waals surface area contributed by atoms with Crippen LogP contribution in [0.3, 0.4) is 0 Å². The summed E-state index contributed by atoms with van der Waals surface area (Å²) in [6.45, 7) is 8.43. The molecule has 2 heterocycles. The van der Waals surface area contributed by atoms with E-state index in [0.29, 0.717) is 34.4 Å². The standard InChI is InChI=1S/C27H22N6.C21H19ClN4.C7H6N2/c1-3-20-15-19(6-5-13-28)14-17(2)24(20)22-7-4-8-23-25(22)32-27(33-26(23)30)31-21-11-9-18(16-29)10-12-21;1-3-14-11-13(7-6-10-23)12-15(4-2)18(14)16-8-5-9-17-19(16)25-21(22)26-20(17)24;8-5-6-1-3-7(9)4-2-6/h4-12,14-15H,3H2,1-2H3,(H3,30,31,32,33);5-9,11-12H,3-4H2,1-2H3,(H2,24,25,26);1-4H,9H2/b6-5+;7-6+;. The second-order valence-electron chi connectivity index (χ2n) is 15.3. The Kier molecular flexibility index (Phi) is 16.2. The molecular formula is C55H47ClN12. The van der Waals surface area contributed by atoms with E-state index in [1.807, 2.05) is 66.8 Å². The summed E-state index contributed by atoms with van der Waals surface area (Å²) in [4.78, 5) is 17.8. The molecule has 0 spiro atoms. The quantitative estimate of drug-likeness (QED) is 0.0601. The lowest BCUT2D eigenvalue weighted by atomic mass is 9.88. The summed E-state index contributed by atoms with van der Waals surface area (Å²) < 4.78 is 0. The van der Waals surface area contributed by atoms with Crippen LogP contribution in [0.5, 0.6) is 0 Å². The molecule has 7 N–H and O–H groups in total. The molecule has 0 atom stereocenters. The van der Waals surface area contributed by atoms with Crippen LogP contribution >= 0.6 is 11.6 Å². The van der Waals surface area contributed by atoms with Crippen LogP contribution in [0.15, 0.2) is 121 Å². The summed E-state index contributed by atoms with van der Waals surface area (Å²) >= 11 is 6.07. The average molecular weight is 912 g/mol. The van der Waals surface area contributed by atoms with Crippen molar-refractivity contribution in [2.24, 2.45) is 0 Å². The first kappa shape index (κ1) is 48.4. The average Bonchev–Trinajstić information content (AvgIpc) is 3.35. The maximum absolute atomic E-state index is 9.01. The molecule has 13 heteroatoms. The number of nitrogens with one attached hydrogen (secondary N) is 1. The Hall–Kier alpha value is -9.07. The van der Waals surface area contributed by atoms with Crippen molar-refractivity contribution < 1.29 is 0 Å². The van der Waals surface area contributed by atoms with Gasteiger partial charge in [0.1, 0.15) is 11.6 Å². The van der Waals surface area contributed by atoms with E-state index in [2.05, 4.69) is 78.3 Å². The van der Waals surface area contributed by atoms with E-state index >= 15 is 0 Å². The smallest absolute Gasteiger partial charge is 0.229 e. The van der Waals surface area contributed by atoms with Gasteiger partial charge in [0.15, 0.2) is 0 Å². The molecule has 2 aromatic heterocycles. The molecule has 68 heavy (non-hydrogen) atoms. The van der Waals surface area contributed by atoms with E-state index in [1.54, 1.807) is 48.5 Å². The van der Waals surface area contributed by atoms with Crippen molar-refractivity contribution in [3.05, 3.63) is 171 Å². The highest BCUT2D eigenvalue weighted by Crippen LogP contribution is 2.38. The SMILES string of the molecule is CCc1cc(/C=C/C#N)cc(C)c1-c1cccc2c(N)nc(Nc3ccc(C#N)cc3)nc12.CCc1cc(/C=C/C#N)cc(CC)c1-c1cccc2c(N)nc(Cl)nc12.N#Cc1ccc(N)cc1. The minimum atomic E-state index is 0.145. The molecule has 8 aromatic rings. The van der Waals surface area contributed by atoms with Gasteiger partial charge in [0.2, 0.25) is 11.2 Å². The minimum Gasteiger partial charge on any atom is -0.399 e. The fourth-order valence-corrected chi connectivity index (χ4v) is 7.99. The fourth-order valence-electron chi connectivity index (χ4n) is 7.81. The molecule has 0 bridgehead atoms. The third kappa shape index (κ3) is 11.4. The van der Waals surface area contributed by atoms with Gasteiger partial charge in [-0.2, -0.15) is 26.0 Å². The zero-order valence-electron chi connectivity index (χ0n) is 38.0. The number of benzene rings is 6. The predicted molar refractivity (Wildman–Crippen MR) is 276 cm³/mol. The number of nitrogens with zero attached hydrogens (tertiary/aromatic N) is 8. The third-order valence-corrected chi connectivity index (χ3v) is 11.1. The molecule has 0 amide bonds. The van der Waals surface area contributed by atoms with E-state index in [4.69, 9.17) is 54.8 Å². The van der Waals surface area contributed by atoms with Gasteiger partial charge in [-0.1, -0.05) is 69.3 Å². The Bertz CT molecular complexity index is 3340. The van der Waals surface area contributed by atoms with Gasteiger partial charge in [-0.25, -0.2) is 15.0 Å². The van der Waals surface area contributed by atoms with Crippen LogP contribution in [0.1, 0.15) is 65.3 Å². The first-order chi connectivity index (χ1) is 32.9. The van der Waals surface area contributed by atoms with Gasteiger partial charge >= 0.3 is 0 Å². The highest BCUT2D eigenvalue weighted by atomic mass is 35.5. The Balaban J connectivity index is 0.000000193. The van der Waals surface area contributed by atoms with Crippen molar-refractivity contribution in [1.82, 2.24) is 19.9 Å². The molecule has 6 aromatic carbocycles. The monoisotopic (exact) mass is 910 g/mol. The van der Waals surface area contributed by atoms with Crippen molar-refractivity contribution >= 4 is 74.5 Å². The van der Waals surface area contributed by atoms with E-state index < -0.39 is 0 Å². The number of nitriles is 4. The summed E-state index contributed by atoms with van der Waals surface area (Å²) in [5.41, 5.74) is 32.9. The van der Waals surface area contributed by atoms with Gasteiger partial charge < -0.3 is 22.5 Å². The number of fused-ring (bicyclic) bond motifs is 2. The van der Waals surface area contributed by atoms with Crippen molar-refractivity contribution in [1.29, 1.82) is 21.0 Å². The molecule has 0 radical (unpaired) electrons. The number of rotatable bonds is 9. The first-order valence-corrected chi connectivity index (χ1v) is 22.1. The third-order valence-electron chi connectivity index (χ3n) is 10.9. The normalized spacial score (nSPS) is 10.6. The van der Waals surface area contributed by atoms with Crippen LogP contribution in [-0.4, -0.2) is 19.9 Å². The summed E-state index contributed by atoms with van der Waals surface area (Å²) in [6, 6.07) is 42.3. The Morgan fingerprint density at radius 1 is 0.574 bits per heavy atom. The molecular weight excluding hydrogens is 864 g/mol. The number of para-hydroxylation sites is 2. The Morgan fingerprint density at radius 2 is 1.04 bits per heavy atom. The fraction of sp³-hybridized carbons (Fsp3) is 0.127. The number of nitrogen functional groups attached to an aromatic ring is 3. The van der Waals surface area contributed by atoms with Gasteiger partial charge in [-0.3, -0.25) is 0 Å². The van der Waals surface area contributed by atoms with Crippen LogP contribution in [0, 0.1) is 52.2 Å². The lowest BCUT2D eigenvalue weighted by molar-refractivity contribution is 1.09. The second kappa shape index (κ2) is 22.7. The zero-order chi connectivity index (χ0) is 48.7. The van der Waals surface area contributed by atoms with Gasteiger partial charge in [0, 0.05) is 45.4 Å². The molecule has 0 fully saturated rings. The number of allylic oxidation sites excluding steroid dienone is 2. The summed E-state index contributed by atoms with van der Waals surface area (Å²) in [7, 11) is 0. The number of aryl methyl sites for hydroxylation is 4. The Labute approximate surface area is 401 Å². The highest BCUT2D eigenvalue weighted by Gasteiger charge is 2.18. The maximum atomic E-state index is 9.01. The van der Waals surface area contributed by atoms with Crippen LogP contribution in [0.2, 0.25) is 5.28 Å². The summed E-state index contributed by atoms with van der Waals surface area (Å²) in [6.07, 6.45) is 9.20. The second-order valence-corrected chi connectivity index (χ2v) is 15.7. The van der Waals surface area contributed by atoms with Crippen molar-refractivity contribution in [3.63, 3.8) is 0 Å². The number of hydrogen-bond donors (Lipinski definition) is 4. The largest absolute Gasteiger partial charge is 0.399 e. The first-order valence-electron chi connectivity index (χ1n) is 21.7. The van der Waals surface area contributed by atoms with Crippen molar-refractivity contribution in [3.8, 4) is 46.5 Å². The molecule has 0 saturated carbocycles. The lowest BCUT2D eigenvalue weighted by Crippen LogP contribution is -2.03. The van der Waals surface area contributed by atoms with E-state index in [0.717, 1.165) is 85.7 Å². The molecule has 0 aliphatic rings. The highest BCUT2D eigenvalue weighted by molar-refractivity contribution is 6.29. The summed E-state index contributed by atoms with van der Waals surface area (Å²) in [5.74, 6) is 1.16. The molecule has 0 aliphatic carbocycles. The van der Waals surface area contributed by atoms with E-state index in [9.17, 15) is 0 Å². The van der Waals surface area contributed by atoms with Crippen LogP contribution < -0.4 is 22.5 Å². The van der Waals surface area contributed by atoms with Crippen molar-refractivity contribution in [2.45, 2.75) is 47.0 Å². The molecule has 0 saturated heterocycles. The van der Waals surface area contributed by atoms with E-state index in [1.165, 1.54) is 28.8 Å². The molecule has 12 nitrogen and oxygen atoms in total. The molecule has 0 aliphatic heterocycles. The molecule has 334 valence electrons. The van der Waals surface area contributed by atoms with Crippen molar-refractivity contribution in [2.75, 3.05) is 22.5 Å². The van der Waals surface area contributed by atoms with E-state index in [-0.39, 0.29) is 5.28 Å². The Morgan fingerprint density at radius 3 is 1.56 bits per heavy atom. The number of aromatic nitrogens is 4. The van der Waals surface area contributed by atoms with Gasteiger partial charge in [0.05, 0.1) is 46.4 Å². The molecule has 0 unspecified atom stereocenters. The van der Waals surface area contributed by atoms with Crippen LogP contribution in [-0.2, 0) is 19.3 Å².